The highest BCUT2D eigenvalue weighted by molar-refractivity contribution is 7.98. The zero-order valence-electron chi connectivity index (χ0n) is 12.2. The van der Waals surface area contributed by atoms with Crippen molar-refractivity contribution in [2.24, 2.45) is 0 Å². The van der Waals surface area contributed by atoms with Crippen LogP contribution in [0.2, 0.25) is 0 Å². The molecule has 6 nitrogen and oxygen atoms in total. The van der Waals surface area contributed by atoms with Crippen LogP contribution in [0.25, 0.3) is 5.69 Å². The van der Waals surface area contributed by atoms with E-state index in [1.165, 1.54) is 11.8 Å². The van der Waals surface area contributed by atoms with E-state index >= 15 is 0 Å². The van der Waals surface area contributed by atoms with E-state index in [1.807, 2.05) is 12.3 Å². The van der Waals surface area contributed by atoms with Crippen LogP contribution in [0.1, 0.15) is 0 Å². The van der Waals surface area contributed by atoms with Crippen molar-refractivity contribution in [1.82, 2.24) is 14.8 Å². The molecule has 3 aromatic rings. The maximum atomic E-state index is 12.4. The Hall–Kier alpha value is -2.32. The maximum Gasteiger partial charge on any atom is 0.261 e. The molecule has 1 heterocycles. The number of anilines is 1. The summed E-state index contributed by atoms with van der Waals surface area (Å²) in [6.45, 7) is 0. The van der Waals surface area contributed by atoms with Crippen molar-refractivity contribution in [1.29, 1.82) is 0 Å². The molecule has 0 aliphatic carbocycles. The highest BCUT2D eigenvalue weighted by atomic mass is 32.2. The summed E-state index contributed by atoms with van der Waals surface area (Å²) < 4.78 is 29.1. The van der Waals surface area contributed by atoms with Crippen LogP contribution in [0.5, 0.6) is 0 Å². The molecule has 0 amide bonds. The third-order valence-electron chi connectivity index (χ3n) is 3.15. The fraction of sp³-hybridized carbons (Fsp3) is 0.0667. The lowest BCUT2D eigenvalue weighted by molar-refractivity contribution is 0.601. The molecule has 0 unspecified atom stereocenters. The van der Waals surface area contributed by atoms with Gasteiger partial charge in [0.25, 0.3) is 10.0 Å². The second-order valence-electron chi connectivity index (χ2n) is 4.65. The van der Waals surface area contributed by atoms with Crippen LogP contribution in [-0.4, -0.2) is 29.4 Å². The van der Waals surface area contributed by atoms with Crippen LogP contribution < -0.4 is 4.72 Å². The fourth-order valence-corrected chi connectivity index (χ4v) is 3.58. The normalized spacial score (nSPS) is 11.3. The third-order valence-corrected chi connectivity index (χ3v) is 5.19. The van der Waals surface area contributed by atoms with Crippen LogP contribution in [0.4, 0.5) is 5.69 Å². The molecule has 0 saturated heterocycles. The smallest absolute Gasteiger partial charge is 0.261 e. The van der Waals surface area contributed by atoms with Crippen LogP contribution in [0.3, 0.4) is 0 Å². The molecule has 0 atom stereocenters. The molecule has 0 aliphatic rings. The van der Waals surface area contributed by atoms with Crippen LogP contribution in [-0.2, 0) is 10.0 Å². The highest BCUT2D eigenvalue weighted by Gasteiger charge is 2.14. The summed E-state index contributed by atoms with van der Waals surface area (Å²) in [5, 5.41) is 8.58. The van der Waals surface area contributed by atoms with Gasteiger partial charge in [-0.15, -0.1) is 10.2 Å². The summed E-state index contributed by atoms with van der Waals surface area (Å²) in [6.07, 6.45) is 3.50. The van der Waals surface area contributed by atoms with Crippen molar-refractivity contribution >= 4 is 27.5 Å². The van der Waals surface area contributed by atoms with Gasteiger partial charge in [0.15, 0.2) is 5.16 Å². The Morgan fingerprint density at radius 3 is 2.39 bits per heavy atom. The summed E-state index contributed by atoms with van der Waals surface area (Å²) in [5.41, 5.74) is 1.33. The predicted molar refractivity (Wildman–Crippen MR) is 90.4 cm³/mol. The SMILES string of the molecule is CSc1nncn1-c1ccc(S(=O)(=O)Nc2ccccc2)cc1. The molecule has 0 radical (unpaired) electrons. The zero-order chi connectivity index (χ0) is 16.3. The van der Waals surface area contributed by atoms with Crippen LogP contribution in [0, 0.1) is 0 Å². The summed E-state index contributed by atoms with van der Waals surface area (Å²) in [6, 6.07) is 15.4. The minimum absolute atomic E-state index is 0.198. The van der Waals surface area contributed by atoms with E-state index in [0.29, 0.717) is 5.69 Å². The summed E-state index contributed by atoms with van der Waals surface area (Å²) in [7, 11) is -3.61. The van der Waals surface area contributed by atoms with Gasteiger partial charge in [-0.1, -0.05) is 30.0 Å². The summed E-state index contributed by atoms with van der Waals surface area (Å²) in [4.78, 5) is 0.198. The molecule has 23 heavy (non-hydrogen) atoms. The molecule has 118 valence electrons. The predicted octanol–water partition coefficient (Wildman–Crippen LogP) is 2.79. The Morgan fingerprint density at radius 2 is 1.74 bits per heavy atom. The molecular weight excluding hydrogens is 332 g/mol. The minimum atomic E-state index is -3.61. The average Bonchev–Trinajstić information content (AvgIpc) is 3.04. The van der Waals surface area contributed by atoms with Gasteiger partial charge < -0.3 is 0 Å². The van der Waals surface area contributed by atoms with Crippen molar-refractivity contribution < 1.29 is 8.42 Å². The van der Waals surface area contributed by atoms with Gasteiger partial charge in [0.05, 0.1) is 4.90 Å². The first-order chi connectivity index (χ1) is 11.1. The van der Waals surface area contributed by atoms with Crippen LogP contribution >= 0.6 is 11.8 Å². The Bertz CT molecular complexity index is 891. The lowest BCUT2D eigenvalue weighted by Gasteiger charge is -2.09. The number of aromatic nitrogens is 3. The van der Waals surface area contributed by atoms with E-state index in [9.17, 15) is 8.42 Å². The summed E-state index contributed by atoms with van der Waals surface area (Å²) >= 11 is 1.47. The number of hydrogen-bond donors (Lipinski definition) is 1. The lowest BCUT2D eigenvalue weighted by Crippen LogP contribution is -2.12. The number of benzene rings is 2. The number of nitrogens with zero attached hydrogens (tertiary/aromatic N) is 3. The Labute approximate surface area is 138 Å². The standard InChI is InChI=1S/C15H14N4O2S2/c1-22-15-17-16-11-19(15)13-7-9-14(10-8-13)23(20,21)18-12-5-3-2-4-6-12/h2-11,18H,1H3. The quantitative estimate of drug-likeness (QED) is 0.719. The van der Waals surface area contributed by atoms with Crippen molar-refractivity contribution in [3.8, 4) is 5.69 Å². The lowest BCUT2D eigenvalue weighted by atomic mass is 10.3. The first-order valence-corrected chi connectivity index (χ1v) is 9.43. The highest BCUT2D eigenvalue weighted by Crippen LogP contribution is 2.20. The Kier molecular flexibility index (Phi) is 4.35. The second kappa shape index (κ2) is 6.43. The third kappa shape index (κ3) is 3.38. The second-order valence-corrected chi connectivity index (χ2v) is 7.11. The molecule has 1 N–H and O–H groups in total. The minimum Gasteiger partial charge on any atom is -0.280 e. The monoisotopic (exact) mass is 346 g/mol. The number of sulfonamides is 1. The zero-order valence-corrected chi connectivity index (χ0v) is 13.9. The van der Waals surface area contributed by atoms with Crippen molar-refractivity contribution in [2.45, 2.75) is 10.1 Å². The largest absolute Gasteiger partial charge is 0.280 e. The molecule has 0 aliphatic heterocycles. The van der Waals surface area contributed by atoms with Crippen molar-refractivity contribution in [3.63, 3.8) is 0 Å². The average molecular weight is 346 g/mol. The fourth-order valence-electron chi connectivity index (χ4n) is 2.05. The molecular formula is C15H14N4O2S2. The van der Waals surface area contributed by atoms with Gasteiger partial charge in [0.2, 0.25) is 0 Å². The van der Waals surface area contributed by atoms with E-state index in [4.69, 9.17) is 0 Å². The number of para-hydroxylation sites is 1. The van der Waals surface area contributed by atoms with Gasteiger partial charge in [-0.25, -0.2) is 8.42 Å². The first kappa shape index (κ1) is 15.6. The molecule has 0 spiro atoms. The molecule has 3 rings (SSSR count). The van der Waals surface area contributed by atoms with Crippen molar-refractivity contribution in [2.75, 3.05) is 11.0 Å². The van der Waals surface area contributed by atoms with Gasteiger partial charge >= 0.3 is 0 Å². The van der Waals surface area contributed by atoms with E-state index < -0.39 is 10.0 Å². The van der Waals surface area contributed by atoms with E-state index in [2.05, 4.69) is 14.9 Å². The molecule has 0 fully saturated rings. The van der Waals surface area contributed by atoms with Gasteiger partial charge in [-0.05, 0) is 42.7 Å². The molecule has 1 aromatic heterocycles. The van der Waals surface area contributed by atoms with E-state index in [1.54, 1.807) is 59.4 Å². The maximum absolute atomic E-state index is 12.4. The van der Waals surface area contributed by atoms with Gasteiger partial charge in [0.1, 0.15) is 6.33 Å². The van der Waals surface area contributed by atoms with Gasteiger partial charge in [-0.3, -0.25) is 9.29 Å². The van der Waals surface area contributed by atoms with Gasteiger partial charge in [-0.2, -0.15) is 0 Å². The number of rotatable bonds is 5. The van der Waals surface area contributed by atoms with E-state index in [-0.39, 0.29) is 4.90 Å². The molecule has 0 bridgehead atoms. The molecule has 0 saturated carbocycles. The van der Waals surface area contributed by atoms with E-state index in [0.717, 1.165) is 10.8 Å². The van der Waals surface area contributed by atoms with Gasteiger partial charge in [0, 0.05) is 11.4 Å². The first-order valence-electron chi connectivity index (χ1n) is 6.72. The number of thioether (sulfide) groups is 1. The molecule has 2 aromatic carbocycles. The van der Waals surface area contributed by atoms with Crippen LogP contribution in [0.15, 0.2) is 71.0 Å². The van der Waals surface area contributed by atoms with Crippen molar-refractivity contribution in [3.05, 3.63) is 60.9 Å². The topological polar surface area (TPSA) is 76.9 Å². The molecule has 8 heteroatoms. The number of nitrogens with one attached hydrogen (secondary N) is 1. The number of hydrogen-bond acceptors (Lipinski definition) is 5. The summed E-state index contributed by atoms with van der Waals surface area (Å²) in [5.74, 6) is 0. The Balaban J connectivity index is 1.87. The Morgan fingerprint density at radius 1 is 1.04 bits per heavy atom.